The topological polar surface area (TPSA) is 25.6 Å². The smallest absolute Gasteiger partial charge is 0.134 e. The van der Waals surface area contributed by atoms with Crippen LogP contribution in [0.2, 0.25) is 5.02 Å². The first kappa shape index (κ1) is 15.6. The van der Waals surface area contributed by atoms with Crippen molar-refractivity contribution in [3.8, 4) is 11.3 Å². The van der Waals surface area contributed by atoms with Crippen molar-refractivity contribution < 1.29 is 9.15 Å². The van der Waals surface area contributed by atoms with Gasteiger partial charge >= 0.3 is 0 Å². The summed E-state index contributed by atoms with van der Waals surface area (Å²) in [6.45, 7) is 4.98. The molecular formula is C18H22ClNO2. The van der Waals surface area contributed by atoms with Gasteiger partial charge < -0.3 is 9.15 Å². The molecule has 1 fully saturated rings. The molecule has 0 unspecified atom stereocenters. The Morgan fingerprint density at radius 2 is 2.00 bits per heavy atom. The molecule has 4 heteroatoms. The van der Waals surface area contributed by atoms with Gasteiger partial charge in [0.2, 0.25) is 0 Å². The van der Waals surface area contributed by atoms with E-state index in [2.05, 4.69) is 11.0 Å². The Bertz CT molecular complexity index is 630. The highest BCUT2D eigenvalue weighted by Crippen LogP contribution is 2.27. The van der Waals surface area contributed by atoms with Crippen LogP contribution in [0.4, 0.5) is 0 Å². The summed E-state index contributed by atoms with van der Waals surface area (Å²) in [5.74, 6) is 1.88. The number of piperidine rings is 1. The first-order chi connectivity index (χ1) is 10.7. The highest BCUT2D eigenvalue weighted by Gasteiger charge is 2.19. The van der Waals surface area contributed by atoms with Crippen LogP contribution in [0, 0.1) is 6.92 Å². The van der Waals surface area contributed by atoms with Gasteiger partial charge in [0, 0.05) is 30.8 Å². The maximum absolute atomic E-state index is 6.19. The molecule has 0 bridgehead atoms. The van der Waals surface area contributed by atoms with E-state index in [0.29, 0.717) is 6.10 Å². The van der Waals surface area contributed by atoms with Gasteiger partial charge in [-0.25, -0.2) is 0 Å². The molecule has 0 aliphatic carbocycles. The molecule has 118 valence electrons. The van der Waals surface area contributed by atoms with Gasteiger partial charge in [-0.1, -0.05) is 23.7 Å². The summed E-state index contributed by atoms with van der Waals surface area (Å²) in [6, 6.07) is 10.1. The number of furan rings is 1. The number of nitrogens with zero attached hydrogens (tertiary/aromatic N) is 1. The summed E-state index contributed by atoms with van der Waals surface area (Å²) in [5, 5.41) is 0.775. The third kappa shape index (κ3) is 3.54. The minimum atomic E-state index is 0.415. The fourth-order valence-electron chi connectivity index (χ4n) is 2.89. The van der Waals surface area contributed by atoms with Crippen LogP contribution < -0.4 is 0 Å². The first-order valence-electron chi connectivity index (χ1n) is 7.76. The molecule has 1 aromatic carbocycles. The summed E-state index contributed by atoms with van der Waals surface area (Å²) >= 11 is 6.19. The largest absolute Gasteiger partial charge is 0.460 e. The van der Waals surface area contributed by atoms with E-state index in [0.717, 1.165) is 60.1 Å². The van der Waals surface area contributed by atoms with Gasteiger partial charge in [-0.15, -0.1) is 0 Å². The molecule has 3 rings (SSSR count). The lowest BCUT2D eigenvalue weighted by Gasteiger charge is -2.30. The summed E-state index contributed by atoms with van der Waals surface area (Å²) in [6.07, 6.45) is 2.60. The Labute approximate surface area is 136 Å². The number of ether oxygens (including phenoxy) is 1. The van der Waals surface area contributed by atoms with Crippen molar-refractivity contribution in [2.45, 2.75) is 32.4 Å². The Morgan fingerprint density at radius 3 is 2.68 bits per heavy atom. The average molecular weight is 320 g/mol. The second kappa shape index (κ2) is 6.86. The third-order valence-electron chi connectivity index (χ3n) is 4.37. The third-order valence-corrected chi connectivity index (χ3v) is 4.77. The van der Waals surface area contributed by atoms with E-state index in [4.69, 9.17) is 20.8 Å². The predicted octanol–water partition coefficient (Wildman–Crippen LogP) is 4.52. The molecule has 1 saturated heterocycles. The van der Waals surface area contributed by atoms with Crippen LogP contribution in [0.3, 0.4) is 0 Å². The van der Waals surface area contributed by atoms with E-state index in [1.165, 1.54) is 0 Å². The zero-order valence-electron chi connectivity index (χ0n) is 13.1. The molecule has 0 saturated carbocycles. The van der Waals surface area contributed by atoms with Crippen molar-refractivity contribution in [3.63, 3.8) is 0 Å². The number of halogens is 1. The monoisotopic (exact) mass is 319 g/mol. The number of rotatable bonds is 4. The van der Waals surface area contributed by atoms with Crippen LogP contribution in [0.1, 0.15) is 24.2 Å². The lowest BCUT2D eigenvalue weighted by molar-refractivity contribution is 0.0371. The second-order valence-corrected chi connectivity index (χ2v) is 6.35. The van der Waals surface area contributed by atoms with Gasteiger partial charge in [-0.05, 0) is 43.5 Å². The fourth-order valence-corrected chi connectivity index (χ4v) is 3.07. The van der Waals surface area contributed by atoms with Crippen molar-refractivity contribution in [2.75, 3.05) is 20.2 Å². The van der Waals surface area contributed by atoms with Gasteiger partial charge in [-0.2, -0.15) is 0 Å². The maximum atomic E-state index is 6.19. The van der Waals surface area contributed by atoms with Gasteiger partial charge in [0.1, 0.15) is 11.5 Å². The molecular weight excluding hydrogens is 298 g/mol. The van der Waals surface area contributed by atoms with Crippen LogP contribution >= 0.6 is 11.6 Å². The molecule has 0 atom stereocenters. The molecule has 2 aromatic rings. The van der Waals surface area contributed by atoms with Crippen LogP contribution in [0.5, 0.6) is 0 Å². The Hall–Kier alpha value is -1.29. The number of benzene rings is 1. The van der Waals surface area contributed by atoms with Crippen molar-refractivity contribution in [3.05, 3.63) is 46.7 Å². The fraction of sp³-hybridized carbons (Fsp3) is 0.444. The van der Waals surface area contributed by atoms with E-state index < -0.39 is 0 Å². The molecule has 0 amide bonds. The van der Waals surface area contributed by atoms with E-state index in [9.17, 15) is 0 Å². The van der Waals surface area contributed by atoms with E-state index in [1.54, 1.807) is 7.11 Å². The van der Waals surface area contributed by atoms with E-state index in [1.807, 2.05) is 31.2 Å². The average Bonchev–Trinajstić information content (AvgIpc) is 2.99. The van der Waals surface area contributed by atoms with Crippen LogP contribution in [-0.4, -0.2) is 31.2 Å². The Kier molecular flexibility index (Phi) is 4.87. The minimum absolute atomic E-state index is 0.415. The van der Waals surface area contributed by atoms with Gasteiger partial charge in [0.15, 0.2) is 0 Å². The normalized spacial score (nSPS) is 17.0. The molecule has 0 radical (unpaired) electrons. The zero-order valence-corrected chi connectivity index (χ0v) is 13.9. The standard InChI is InChI=1S/C18H22ClNO2/c1-13-3-4-14(11-17(13)19)18-6-5-16(22-18)12-20-9-7-15(21-2)8-10-20/h3-6,11,15H,7-10,12H2,1-2H3. The lowest BCUT2D eigenvalue weighted by atomic mass is 10.1. The molecule has 22 heavy (non-hydrogen) atoms. The van der Waals surface area contributed by atoms with Crippen molar-refractivity contribution in [2.24, 2.45) is 0 Å². The van der Waals surface area contributed by atoms with Gasteiger partial charge in [0.25, 0.3) is 0 Å². The van der Waals surface area contributed by atoms with Gasteiger partial charge in [0.05, 0.1) is 12.6 Å². The molecule has 1 aromatic heterocycles. The number of hydrogen-bond acceptors (Lipinski definition) is 3. The molecule has 1 aliphatic rings. The van der Waals surface area contributed by atoms with Gasteiger partial charge in [-0.3, -0.25) is 4.90 Å². The summed E-state index contributed by atoms with van der Waals surface area (Å²) in [7, 11) is 1.80. The molecule has 1 aliphatic heterocycles. The molecule has 3 nitrogen and oxygen atoms in total. The molecule has 0 spiro atoms. The van der Waals surface area contributed by atoms with Crippen molar-refractivity contribution >= 4 is 11.6 Å². The quantitative estimate of drug-likeness (QED) is 0.828. The summed E-state index contributed by atoms with van der Waals surface area (Å²) in [4.78, 5) is 2.42. The number of aryl methyl sites for hydroxylation is 1. The number of likely N-dealkylation sites (tertiary alicyclic amines) is 1. The van der Waals surface area contributed by atoms with Crippen molar-refractivity contribution in [1.29, 1.82) is 0 Å². The summed E-state index contributed by atoms with van der Waals surface area (Å²) in [5.41, 5.74) is 2.11. The van der Waals surface area contributed by atoms with Crippen LogP contribution in [-0.2, 0) is 11.3 Å². The van der Waals surface area contributed by atoms with Crippen LogP contribution in [0.25, 0.3) is 11.3 Å². The molecule has 2 heterocycles. The SMILES string of the molecule is COC1CCN(Cc2ccc(-c3ccc(C)c(Cl)c3)o2)CC1. The second-order valence-electron chi connectivity index (χ2n) is 5.94. The zero-order chi connectivity index (χ0) is 15.5. The Morgan fingerprint density at radius 1 is 1.23 bits per heavy atom. The first-order valence-corrected chi connectivity index (χ1v) is 8.14. The highest BCUT2D eigenvalue weighted by molar-refractivity contribution is 6.31. The van der Waals surface area contributed by atoms with E-state index in [-0.39, 0.29) is 0 Å². The Balaban J connectivity index is 1.65. The minimum Gasteiger partial charge on any atom is -0.460 e. The lowest BCUT2D eigenvalue weighted by Crippen LogP contribution is -2.36. The number of hydrogen-bond donors (Lipinski definition) is 0. The highest BCUT2D eigenvalue weighted by atomic mass is 35.5. The summed E-state index contributed by atoms with van der Waals surface area (Å²) < 4.78 is 11.4. The van der Waals surface area contributed by atoms with E-state index >= 15 is 0 Å². The molecule has 0 N–H and O–H groups in total. The predicted molar refractivity (Wildman–Crippen MR) is 89.2 cm³/mol. The number of methoxy groups -OCH3 is 1. The maximum Gasteiger partial charge on any atom is 0.134 e. The van der Waals surface area contributed by atoms with Crippen molar-refractivity contribution in [1.82, 2.24) is 4.90 Å². The van der Waals surface area contributed by atoms with Crippen LogP contribution in [0.15, 0.2) is 34.7 Å².